The number of esters is 2. The van der Waals surface area contributed by atoms with Gasteiger partial charge in [0.15, 0.2) is 6.10 Å². The topological polar surface area (TPSA) is 108 Å². The summed E-state index contributed by atoms with van der Waals surface area (Å²) in [5, 5.41) is 9.63. The largest absolute Gasteiger partial charge is 0.477 e. The van der Waals surface area contributed by atoms with Crippen LogP contribution in [-0.4, -0.2) is 87.4 Å². The summed E-state index contributed by atoms with van der Waals surface area (Å²) in [4.78, 5) is 37.1. The quantitative estimate of drug-likeness (QED) is 0.0213. The highest BCUT2D eigenvalue weighted by atomic mass is 16.7. The van der Waals surface area contributed by atoms with E-state index in [1.165, 1.54) is 109 Å². The molecule has 0 radical (unpaired) electrons. The Kier molecular flexibility index (Phi) is 39.0. The summed E-state index contributed by atoms with van der Waals surface area (Å²) < 4.78 is 22.7. The van der Waals surface area contributed by atoms with E-state index in [1.807, 2.05) is 21.1 Å². The molecule has 0 aromatic carbocycles. The maximum atomic E-state index is 12.7. The fourth-order valence-electron chi connectivity index (χ4n) is 6.52. The molecular weight excluding hydrogens is 719 g/mol. The SMILES string of the molecule is CCC/C=C\C/C=C\CCCCCCCC(=O)OC(COC(=O)CCCCCCCCCCCCCCCCCCCCC)COC(OCC[N+](C)(C)C)C(=O)O. The van der Waals surface area contributed by atoms with E-state index in [9.17, 15) is 19.5 Å². The van der Waals surface area contributed by atoms with Crippen LogP contribution < -0.4 is 0 Å². The summed E-state index contributed by atoms with van der Waals surface area (Å²) in [5.41, 5.74) is 0. The van der Waals surface area contributed by atoms with Crippen molar-refractivity contribution in [3.63, 3.8) is 0 Å². The van der Waals surface area contributed by atoms with Gasteiger partial charge >= 0.3 is 17.9 Å². The third kappa shape index (κ3) is 41.7. The standard InChI is InChI=1S/C48H89NO8/c1-6-8-10-12-14-16-18-20-21-22-23-24-25-27-28-30-32-34-36-38-45(50)55-42-44(43-56-48(47(52)53)54-41-40-49(3,4)5)57-46(51)39-37-35-33-31-29-26-19-17-15-13-11-9-7-2/h11,13,17,19,44,48H,6-10,12,14-16,18,20-43H2,1-5H3/p+1/b13-11-,19-17-. The van der Waals surface area contributed by atoms with Crippen LogP contribution >= 0.6 is 0 Å². The van der Waals surface area contributed by atoms with E-state index < -0.39 is 24.3 Å². The van der Waals surface area contributed by atoms with Gasteiger partial charge in [0.1, 0.15) is 13.2 Å². The second-order valence-electron chi connectivity index (χ2n) is 17.1. The Balaban J connectivity index is 4.35. The highest BCUT2D eigenvalue weighted by Crippen LogP contribution is 2.16. The number of carbonyl (C=O) groups excluding carboxylic acids is 2. The Bertz CT molecular complexity index is 991. The minimum Gasteiger partial charge on any atom is -0.477 e. The van der Waals surface area contributed by atoms with Crippen LogP contribution in [-0.2, 0) is 33.3 Å². The number of carbonyl (C=O) groups is 3. The number of hydrogen-bond donors (Lipinski definition) is 1. The van der Waals surface area contributed by atoms with Crippen LogP contribution in [0.1, 0.15) is 206 Å². The molecule has 0 heterocycles. The molecule has 2 atom stereocenters. The zero-order valence-corrected chi connectivity index (χ0v) is 37.8. The van der Waals surface area contributed by atoms with Crippen molar-refractivity contribution in [1.82, 2.24) is 0 Å². The number of unbranched alkanes of at least 4 members (excludes halogenated alkanes) is 24. The van der Waals surface area contributed by atoms with E-state index in [-0.39, 0.29) is 32.2 Å². The molecule has 0 amide bonds. The Labute approximate surface area is 350 Å². The van der Waals surface area contributed by atoms with Gasteiger partial charge in [0.2, 0.25) is 0 Å². The molecule has 0 saturated heterocycles. The van der Waals surface area contributed by atoms with Crippen molar-refractivity contribution in [1.29, 1.82) is 0 Å². The molecule has 0 fully saturated rings. The number of hydrogen-bond acceptors (Lipinski definition) is 7. The second-order valence-corrected chi connectivity index (χ2v) is 17.1. The third-order valence-electron chi connectivity index (χ3n) is 10.2. The fourth-order valence-corrected chi connectivity index (χ4v) is 6.52. The van der Waals surface area contributed by atoms with E-state index in [0.717, 1.165) is 64.2 Å². The normalized spacial score (nSPS) is 13.1. The van der Waals surface area contributed by atoms with Crippen molar-refractivity contribution >= 4 is 17.9 Å². The number of carboxylic acid groups (broad SMARTS) is 1. The molecule has 0 aromatic heterocycles. The molecule has 0 aliphatic carbocycles. The van der Waals surface area contributed by atoms with Gasteiger partial charge in [-0.25, -0.2) is 4.79 Å². The lowest BCUT2D eigenvalue weighted by Gasteiger charge is -2.25. The first-order valence-corrected chi connectivity index (χ1v) is 23.5. The first-order valence-electron chi connectivity index (χ1n) is 23.5. The number of aliphatic carboxylic acids is 1. The molecule has 9 heteroatoms. The van der Waals surface area contributed by atoms with Gasteiger partial charge in [-0.15, -0.1) is 0 Å². The van der Waals surface area contributed by atoms with Gasteiger partial charge in [-0.2, -0.15) is 0 Å². The van der Waals surface area contributed by atoms with Crippen molar-refractivity contribution in [2.45, 2.75) is 219 Å². The van der Waals surface area contributed by atoms with E-state index in [1.54, 1.807) is 0 Å². The van der Waals surface area contributed by atoms with E-state index in [4.69, 9.17) is 18.9 Å². The summed E-state index contributed by atoms with van der Waals surface area (Å²) in [6.45, 7) is 4.81. The predicted molar refractivity (Wildman–Crippen MR) is 235 cm³/mol. The van der Waals surface area contributed by atoms with E-state index >= 15 is 0 Å². The molecule has 1 N–H and O–H groups in total. The first kappa shape index (κ1) is 54.8. The molecule has 57 heavy (non-hydrogen) atoms. The van der Waals surface area contributed by atoms with Crippen LogP contribution in [0.15, 0.2) is 24.3 Å². The van der Waals surface area contributed by atoms with Crippen molar-refractivity contribution in [3.8, 4) is 0 Å². The molecule has 0 aliphatic heterocycles. The van der Waals surface area contributed by atoms with Gasteiger partial charge in [-0.05, 0) is 38.5 Å². The molecule has 0 saturated carbocycles. The third-order valence-corrected chi connectivity index (χ3v) is 10.2. The van der Waals surface area contributed by atoms with Gasteiger partial charge in [0.05, 0.1) is 34.4 Å². The molecule has 0 aromatic rings. The van der Waals surface area contributed by atoms with E-state index in [2.05, 4.69) is 38.2 Å². The fraction of sp³-hybridized carbons (Fsp3) is 0.854. The zero-order chi connectivity index (χ0) is 42.1. The lowest BCUT2D eigenvalue weighted by molar-refractivity contribution is -0.870. The van der Waals surface area contributed by atoms with Crippen LogP contribution in [0.25, 0.3) is 0 Å². The highest BCUT2D eigenvalue weighted by molar-refractivity contribution is 5.71. The van der Waals surface area contributed by atoms with Gasteiger partial charge in [-0.1, -0.05) is 179 Å². The average molecular weight is 809 g/mol. The Hall–Kier alpha value is -2.23. The van der Waals surface area contributed by atoms with Crippen LogP contribution in [0, 0.1) is 0 Å². The number of ether oxygens (including phenoxy) is 4. The minimum absolute atomic E-state index is 0.184. The summed E-state index contributed by atoms with van der Waals surface area (Å²) >= 11 is 0. The van der Waals surface area contributed by atoms with E-state index in [0.29, 0.717) is 23.9 Å². The molecule has 0 spiro atoms. The molecular formula is C48H90NO8+. The van der Waals surface area contributed by atoms with Crippen LogP contribution in [0.5, 0.6) is 0 Å². The average Bonchev–Trinajstić information content (AvgIpc) is 3.17. The second kappa shape index (κ2) is 40.5. The van der Waals surface area contributed by atoms with Gasteiger partial charge in [-0.3, -0.25) is 9.59 Å². The summed E-state index contributed by atoms with van der Waals surface area (Å²) in [6, 6.07) is 0. The molecule has 334 valence electrons. The van der Waals surface area contributed by atoms with Crippen molar-refractivity contribution in [2.75, 3.05) is 47.5 Å². The van der Waals surface area contributed by atoms with Gasteiger partial charge < -0.3 is 28.5 Å². The maximum Gasteiger partial charge on any atom is 0.361 e. The summed E-state index contributed by atoms with van der Waals surface area (Å²) in [5.74, 6) is -2.02. The summed E-state index contributed by atoms with van der Waals surface area (Å²) in [6.07, 6.45) is 40.9. The Morgan fingerprint density at radius 1 is 0.526 bits per heavy atom. The van der Waals surface area contributed by atoms with Crippen LogP contribution in [0.3, 0.4) is 0 Å². The van der Waals surface area contributed by atoms with Crippen molar-refractivity contribution in [3.05, 3.63) is 24.3 Å². The number of rotatable bonds is 43. The lowest BCUT2D eigenvalue weighted by Crippen LogP contribution is -2.40. The molecule has 0 aliphatic rings. The Morgan fingerprint density at radius 2 is 0.982 bits per heavy atom. The number of allylic oxidation sites excluding steroid dienone is 4. The maximum absolute atomic E-state index is 12.7. The predicted octanol–water partition coefficient (Wildman–Crippen LogP) is 12.4. The minimum atomic E-state index is -1.51. The van der Waals surface area contributed by atoms with Crippen molar-refractivity contribution < 1.29 is 42.9 Å². The van der Waals surface area contributed by atoms with Crippen LogP contribution in [0.4, 0.5) is 0 Å². The summed E-state index contributed by atoms with van der Waals surface area (Å²) in [7, 11) is 5.95. The number of carboxylic acids is 1. The Morgan fingerprint density at radius 3 is 1.46 bits per heavy atom. The lowest BCUT2D eigenvalue weighted by atomic mass is 10.0. The molecule has 0 rings (SSSR count). The number of quaternary nitrogens is 1. The number of nitrogens with zero attached hydrogens (tertiary/aromatic N) is 1. The first-order chi connectivity index (χ1) is 27.6. The molecule has 2 unspecified atom stereocenters. The molecule has 0 bridgehead atoms. The smallest absolute Gasteiger partial charge is 0.361 e. The molecule has 9 nitrogen and oxygen atoms in total. The zero-order valence-electron chi connectivity index (χ0n) is 37.8. The van der Waals surface area contributed by atoms with Gasteiger partial charge in [0.25, 0.3) is 6.29 Å². The van der Waals surface area contributed by atoms with Gasteiger partial charge in [0, 0.05) is 12.8 Å². The van der Waals surface area contributed by atoms with Crippen molar-refractivity contribution in [2.24, 2.45) is 0 Å². The number of likely N-dealkylation sites (N-methyl/N-ethyl adjacent to an activating group) is 1. The van der Waals surface area contributed by atoms with Crippen LogP contribution in [0.2, 0.25) is 0 Å². The highest BCUT2D eigenvalue weighted by Gasteiger charge is 2.25. The monoisotopic (exact) mass is 809 g/mol.